The largest absolute Gasteiger partial charge is 0.506 e. The smallest absolute Gasteiger partial charge is 0.323 e. The fraction of sp³-hybridized carbons (Fsp3) is 0.0714. The number of aromatic hydroxyl groups is 1. The highest BCUT2D eigenvalue weighted by Crippen LogP contribution is 2.26. The molecule has 2 aromatic carbocycles. The number of rotatable bonds is 3. The van der Waals surface area contributed by atoms with E-state index in [1.165, 1.54) is 36.6 Å². The number of anilines is 2. The second-order valence-corrected chi connectivity index (χ2v) is 6.10. The minimum Gasteiger partial charge on any atom is -0.506 e. The van der Waals surface area contributed by atoms with Gasteiger partial charge in [0.05, 0.1) is 20.7 Å². The number of nitrogens with one attached hydrogen (secondary N) is 2. The molecular weight excluding hydrogens is 331 g/mol. The summed E-state index contributed by atoms with van der Waals surface area (Å²) in [7, 11) is -1.44. The molecule has 0 radical (unpaired) electrons. The summed E-state index contributed by atoms with van der Waals surface area (Å²) in [6.07, 6.45) is 1.37. The van der Waals surface area contributed by atoms with Gasteiger partial charge in [-0.2, -0.15) is 0 Å². The number of urea groups is 1. The van der Waals surface area contributed by atoms with E-state index in [-0.39, 0.29) is 21.4 Å². The van der Waals surface area contributed by atoms with Gasteiger partial charge in [-0.25, -0.2) is 9.18 Å². The Morgan fingerprint density at radius 2 is 1.77 bits per heavy atom. The van der Waals surface area contributed by atoms with Crippen LogP contribution in [0.15, 0.2) is 41.3 Å². The van der Waals surface area contributed by atoms with Crippen molar-refractivity contribution < 1.29 is 18.5 Å². The van der Waals surface area contributed by atoms with Crippen LogP contribution in [0.5, 0.6) is 5.75 Å². The average molecular weight is 343 g/mol. The molecule has 2 amide bonds. The maximum Gasteiger partial charge on any atom is 0.323 e. The van der Waals surface area contributed by atoms with Crippen molar-refractivity contribution in [1.29, 1.82) is 0 Å². The lowest BCUT2D eigenvalue weighted by Gasteiger charge is -2.09. The standard InChI is InChI=1S/C14H12ClFN2O3S/c1-22(21)13-5-3-9(7-11(13)16)18-14(20)17-8-2-4-12(19)10(15)6-8/h2-7,19H,1H3,(H2,17,18,20)/t22-/m1/s1. The van der Waals surface area contributed by atoms with Gasteiger partial charge in [0.25, 0.3) is 0 Å². The molecule has 0 fully saturated rings. The van der Waals surface area contributed by atoms with Crippen molar-refractivity contribution in [3.8, 4) is 5.75 Å². The van der Waals surface area contributed by atoms with Crippen LogP contribution in [-0.2, 0) is 10.8 Å². The number of halogens is 2. The van der Waals surface area contributed by atoms with Crippen LogP contribution >= 0.6 is 11.6 Å². The average Bonchev–Trinajstić information content (AvgIpc) is 2.42. The molecule has 0 unspecified atom stereocenters. The second-order valence-electron chi connectivity index (χ2n) is 4.34. The van der Waals surface area contributed by atoms with Crippen LogP contribution in [0.3, 0.4) is 0 Å². The minimum absolute atomic E-state index is 0.0660. The van der Waals surface area contributed by atoms with Gasteiger partial charge in [0.15, 0.2) is 0 Å². The second kappa shape index (κ2) is 6.76. The van der Waals surface area contributed by atoms with Crippen molar-refractivity contribution in [3.05, 3.63) is 47.2 Å². The van der Waals surface area contributed by atoms with Crippen molar-refractivity contribution in [2.24, 2.45) is 0 Å². The van der Waals surface area contributed by atoms with Crippen LogP contribution in [-0.4, -0.2) is 21.6 Å². The molecule has 0 aliphatic heterocycles. The molecule has 5 nitrogen and oxygen atoms in total. The van der Waals surface area contributed by atoms with Crippen molar-refractivity contribution >= 4 is 39.8 Å². The highest BCUT2D eigenvalue weighted by Gasteiger charge is 2.09. The molecule has 3 N–H and O–H groups in total. The van der Waals surface area contributed by atoms with Gasteiger partial charge in [0.2, 0.25) is 0 Å². The number of hydrogen-bond acceptors (Lipinski definition) is 3. The highest BCUT2D eigenvalue weighted by molar-refractivity contribution is 7.84. The first-order chi connectivity index (χ1) is 10.4. The third-order valence-corrected chi connectivity index (χ3v) is 3.96. The Morgan fingerprint density at radius 3 is 2.32 bits per heavy atom. The number of amides is 2. The maximum absolute atomic E-state index is 13.7. The molecule has 0 spiro atoms. The van der Waals surface area contributed by atoms with Crippen LogP contribution in [0.1, 0.15) is 0 Å². The fourth-order valence-corrected chi connectivity index (χ4v) is 2.46. The molecule has 116 valence electrons. The summed E-state index contributed by atoms with van der Waals surface area (Å²) in [4.78, 5) is 11.9. The first-order valence-electron chi connectivity index (χ1n) is 6.06. The van der Waals surface area contributed by atoms with E-state index < -0.39 is 22.6 Å². The van der Waals surface area contributed by atoms with E-state index in [1.807, 2.05) is 0 Å². The van der Waals surface area contributed by atoms with Crippen molar-refractivity contribution in [2.45, 2.75) is 4.90 Å². The monoisotopic (exact) mass is 342 g/mol. The third kappa shape index (κ3) is 3.96. The van der Waals surface area contributed by atoms with Crippen molar-refractivity contribution in [3.63, 3.8) is 0 Å². The van der Waals surface area contributed by atoms with Gasteiger partial charge >= 0.3 is 6.03 Å². The summed E-state index contributed by atoms with van der Waals surface area (Å²) < 4.78 is 24.9. The van der Waals surface area contributed by atoms with Gasteiger partial charge in [-0.05, 0) is 36.4 Å². The Bertz CT molecular complexity index is 755. The molecule has 22 heavy (non-hydrogen) atoms. The first-order valence-corrected chi connectivity index (χ1v) is 8.00. The molecule has 0 bridgehead atoms. The third-order valence-electron chi connectivity index (χ3n) is 2.70. The van der Waals surface area contributed by atoms with E-state index in [1.54, 1.807) is 0 Å². The lowest BCUT2D eigenvalue weighted by Crippen LogP contribution is -2.19. The zero-order valence-electron chi connectivity index (χ0n) is 11.4. The van der Waals surface area contributed by atoms with E-state index in [0.717, 1.165) is 6.07 Å². The van der Waals surface area contributed by atoms with Gasteiger partial charge in [-0.15, -0.1) is 0 Å². The van der Waals surface area contributed by atoms with E-state index in [0.29, 0.717) is 5.69 Å². The number of hydrogen-bond donors (Lipinski definition) is 3. The van der Waals surface area contributed by atoms with Gasteiger partial charge in [-0.1, -0.05) is 11.6 Å². The Kier molecular flexibility index (Phi) is 4.99. The molecule has 0 saturated carbocycles. The normalized spacial score (nSPS) is 11.8. The van der Waals surface area contributed by atoms with Crippen molar-refractivity contribution in [1.82, 2.24) is 0 Å². The van der Waals surface area contributed by atoms with E-state index in [4.69, 9.17) is 11.6 Å². The summed E-state index contributed by atoms with van der Waals surface area (Å²) >= 11 is 5.73. The first kappa shape index (κ1) is 16.3. The Hall–Kier alpha value is -2.12. The predicted molar refractivity (Wildman–Crippen MR) is 84.5 cm³/mol. The van der Waals surface area contributed by atoms with Crippen LogP contribution in [0.25, 0.3) is 0 Å². The van der Waals surface area contributed by atoms with Gasteiger partial charge in [-0.3, -0.25) is 4.21 Å². The molecule has 0 heterocycles. The Balaban J connectivity index is 2.07. The van der Waals surface area contributed by atoms with Crippen LogP contribution in [0.2, 0.25) is 5.02 Å². The topological polar surface area (TPSA) is 78.4 Å². The molecular formula is C14H12ClFN2O3S. The molecule has 2 rings (SSSR count). The predicted octanol–water partition coefficient (Wildman–Crippen LogP) is 3.57. The quantitative estimate of drug-likeness (QED) is 0.746. The molecule has 0 saturated heterocycles. The fourth-order valence-electron chi connectivity index (χ4n) is 1.69. The van der Waals surface area contributed by atoms with Crippen LogP contribution in [0, 0.1) is 5.82 Å². The Morgan fingerprint density at radius 1 is 1.18 bits per heavy atom. The van der Waals surface area contributed by atoms with E-state index >= 15 is 0 Å². The number of carbonyl (C=O) groups is 1. The summed E-state index contributed by atoms with van der Waals surface area (Å²) in [6, 6.07) is 7.45. The molecule has 0 aliphatic rings. The van der Waals surface area contributed by atoms with Crippen LogP contribution < -0.4 is 10.6 Å². The number of phenols is 1. The molecule has 8 heteroatoms. The SMILES string of the molecule is C[S@@](=O)c1ccc(NC(=O)Nc2ccc(O)c(Cl)c2)cc1F. The van der Waals surface area contributed by atoms with Gasteiger partial charge < -0.3 is 15.7 Å². The number of benzene rings is 2. The lowest BCUT2D eigenvalue weighted by molar-refractivity contribution is 0.262. The van der Waals surface area contributed by atoms with E-state index in [2.05, 4.69) is 10.6 Å². The molecule has 0 aromatic heterocycles. The van der Waals surface area contributed by atoms with Gasteiger partial charge in [0, 0.05) is 17.6 Å². The lowest BCUT2D eigenvalue weighted by atomic mass is 10.3. The van der Waals surface area contributed by atoms with Crippen molar-refractivity contribution in [2.75, 3.05) is 16.9 Å². The summed E-state index contributed by atoms with van der Waals surface area (Å²) in [5, 5.41) is 14.3. The molecule has 0 aliphatic carbocycles. The van der Waals surface area contributed by atoms with E-state index in [9.17, 15) is 18.5 Å². The molecule has 2 aromatic rings. The Labute approximate surface area is 133 Å². The van der Waals surface area contributed by atoms with Crippen LogP contribution in [0.4, 0.5) is 20.6 Å². The molecule has 1 atom stereocenters. The zero-order valence-corrected chi connectivity index (χ0v) is 13.0. The summed E-state index contributed by atoms with van der Waals surface area (Å²) in [5.41, 5.74) is 0.584. The number of phenolic OH excluding ortho intramolecular Hbond substituents is 1. The summed E-state index contributed by atoms with van der Waals surface area (Å²) in [5.74, 6) is -0.760. The minimum atomic E-state index is -1.44. The number of carbonyl (C=O) groups excluding carboxylic acids is 1. The zero-order chi connectivity index (χ0) is 16.3. The summed E-state index contributed by atoms with van der Waals surface area (Å²) in [6.45, 7) is 0. The maximum atomic E-state index is 13.7. The highest BCUT2D eigenvalue weighted by atomic mass is 35.5. The van der Waals surface area contributed by atoms with Gasteiger partial charge in [0.1, 0.15) is 11.6 Å².